The SMILES string of the molecule is C=CC1=C(N=C)CCN(C(=O)c2cc(=C)/c(=C(\C=C)C(F)F)[nH]2)[C@@H]1C. The van der Waals surface area contributed by atoms with E-state index in [0.29, 0.717) is 18.2 Å². The Morgan fingerprint density at radius 2 is 2.16 bits per heavy atom. The molecule has 132 valence electrons. The second kappa shape index (κ2) is 7.42. The van der Waals surface area contributed by atoms with Crippen molar-refractivity contribution < 1.29 is 13.6 Å². The number of aromatic nitrogens is 1. The van der Waals surface area contributed by atoms with Gasteiger partial charge in [0.2, 0.25) is 0 Å². The Labute approximate surface area is 145 Å². The highest BCUT2D eigenvalue weighted by molar-refractivity contribution is 5.93. The molecule has 0 bridgehead atoms. The summed E-state index contributed by atoms with van der Waals surface area (Å²) in [4.78, 5) is 21.3. The minimum absolute atomic E-state index is 0.131. The van der Waals surface area contributed by atoms with Gasteiger partial charge in [-0.1, -0.05) is 31.9 Å². The third kappa shape index (κ3) is 3.38. The maximum Gasteiger partial charge on any atom is 0.270 e. The molecule has 1 aliphatic rings. The van der Waals surface area contributed by atoms with Gasteiger partial charge in [-0.25, -0.2) is 8.78 Å². The standard InChI is InChI=1S/C19H21F2N3O/c1-6-13-12(4)24(9-8-15(13)22-5)19(25)16-10-11(3)17(23-16)14(7-2)18(20)21/h6-7,10,12,18,23H,1-3,5,8-9H2,4H3/b17-14-/t12-/m1/s1. The summed E-state index contributed by atoms with van der Waals surface area (Å²) in [5.41, 5.74) is 1.59. The molecule has 0 saturated heterocycles. The number of carbonyl (C=O) groups is 1. The van der Waals surface area contributed by atoms with E-state index in [2.05, 4.69) is 36.4 Å². The lowest BCUT2D eigenvalue weighted by molar-refractivity contribution is 0.0703. The van der Waals surface area contributed by atoms with E-state index in [9.17, 15) is 13.6 Å². The van der Waals surface area contributed by atoms with E-state index in [0.717, 1.165) is 17.3 Å². The van der Waals surface area contributed by atoms with Crippen LogP contribution in [0.3, 0.4) is 0 Å². The van der Waals surface area contributed by atoms with Crippen LogP contribution in [-0.4, -0.2) is 41.5 Å². The predicted molar refractivity (Wildman–Crippen MR) is 97.1 cm³/mol. The fourth-order valence-corrected chi connectivity index (χ4v) is 3.03. The quantitative estimate of drug-likeness (QED) is 0.819. The largest absolute Gasteiger partial charge is 0.350 e. The second-order valence-corrected chi connectivity index (χ2v) is 5.73. The number of rotatable bonds is 5. The summed E-state index contributed by atoms with van der Waals surface area (Å²) in [6, 6.07) is 1.24. The maximum atomic E-state index is 13.1. The Balaban J connectivity index is 2.45. The first-order valence-electron chi connectivity index (χ1n) is 7.81. The van der Waals surface area contributed by atoms with E-state index in [1.165, 1.54) is 6.07 Å². The fourth-order valence-electron chi connectivity index (χ4n) is 3.03. The van der Waals surface area contributed by atoms with Gasteiger partial charge in [0.1, 0.15) is 5.69 Å². The van der Waals surface area contributed by atoms with Crippen molar-refractivity contribution >= 4 is 24.8 Å². The van der Waals surface area contributed by atoms with Crippen LogP contribution in [0.25, 0.3) is 12.2 Å². The lowest BCUT2D eigenvalue weighted by Crippen LogP contribution is -2.43. The zero-order valence-electron chi connectivity index (χ0n) is 14.2. The number of allylic oxidation sites excluding steroid dienone is 1. The molecule has 0 radical (unpaired) electrons. The molecule has 0 aromatic carbocycles. The molecule has 1 aromatic heterocycles. The highest BCUT2D eigenvalue weighted by Gasteiger charge is 2.29. The zero-order valence-corrected chi connectivity index (χ0v) is 14.2. The Bertz CT molecular complexity index is 864. The highest BCUT2D eigenvalue weighted by atomic mass is 19.3. The maximum absolute atomic E-state index is 13.1. The molecule has 0 fully saturated rings. The van der Waals surface area contributed by atoms with Crippen LogP contribution in [0.5, 0.6) is 0 Å². The van der Waals surface area contributed by atoms with Crippen molar-refractivity contribution in [2.24, 2.45) is 4.99 Å². The van der Waals surface area contributed by atoms with Gasteiger partial charge < -0.3 is 9.88 Å². The molecule has 0 spiro atoms. The highest BCUT2D eigenvalue weighted by Crippen LogP contribution is 2.26. The van der Waals surface area contributed by atoms with E-state index in [4.69, 9.17) is 0 Å². The summed E-state index contributed by atoms with van der Waals surface area (Å²) in [5, 5.41) is 0.460. The minimum atomic E-state index is -2.70. The molecule has 1 atom stereocenters. The van der Waals surface area contributed by atoms with Crippen molar-refractivity contribution in [3.05, 3.63) is 58.9 Å². The topological polar surface area (TPSA) is 48.5 Å². The number of nitrogens with one attached hydrogen (secondary N) is 1. The average molecular weight is 345 g/mol. The van der Waals surface area contributed by atoms with Crippen LogP contribution in [0.1, 0.15) is 23.8 Å². The fraction of sp³-hybridized carbons (Fsp3) is 0.263. The van der Waals surface area contributed by atoms with Gasteiger partial charge in [-0.2, -0.15) is 0 Å². The predicted octanol–water partition coefficient (Wildman–Crippen LogP) is 2.40. The minimum Gasteiger partial charge on any atom is -0.350 e. The van der Waals surface area contributed by atoms with Crippen molar-refractivity contribution in [3.8, 4) is 0 Å². The lowest BCUT2D eigenvalue weighted by atomic mass is 9.98. The van der Waals surface area contributed by atoms with E-state index in [1.807, 2.05) is 6.92 Å². The molecule has 6 heteroatoms. The molecule has 2 heterocycles. The Morgan fingerprint density at radius 3 is 2.68 bits per heavy atom. The number of hydrogen-bond donors (Lipinski definition) is 1. The van der Waals surface area contributed by atoms with Crippen molar-refractivity contribution in [2.75, 3.05) is 6.54 Å². The molecular formula is C19H21F2N3O. The molecule has 0 saturated carbocycles. The normalized spacial score (nSPS) is 19.0. The van der Waals surface area contributed by atoms with Crippen molar-refractivity contribution in [3.63, 3.8) is 0 Å². The van der Waals surface area contributed by atoms with Crippen molar-refractivity contribution in [1.29, 1.82) is 0 Å². The van der Waals surface area contributed by atoms with Gasteiger partial charge in [0.25, 0.3) is 12.3 Å². The monoisotopic (exact) mass is 345 g/mol. The van der Waals surface area contributed by atoms with E-state index >= 15 is 0 Å². The van der Waals surface area contributed by atoms with E-state index in [1.54, 1.807) is 11.0 Å². The van der Waals surface area contributed by atoms with Crippen molar-refractivity contribution in [2.45, 2.75) is 25.8 Å². The first-order valence-corrected chi connectivity index (χ1v) is 7.81. The molecule has 2 rings (SSSR count). The summed E-state index contributed by atoms with van der Waals surface area (Å²) >= 11 is 0. The molecule has 1 N–H and O–H groups in total. The van der Waals surface area contributed by atoms with Gasteiger partial charge >= 0.3 is 0 Å². The summed E-state index contributed by atoms with van der Waals surface area (Å²) in [7, 11) is 0. The number of H-pyrrole nitrogens is 1. The molecular weight excluding hydrogens is 324 g/mol. The van der Waals surface area contributed by atoms with Crippen LogP contribution in [-0.2, 0) is 0 Å². The number of amides is 1. The molecule has 1 amide bonds. The molecule has 4 nitrogen and oxygen atoms in total. The second-order valence-electron chi connectivity index (χ2n) is 5.73. The van der Waals surface area contributed by atoms with Crippen molar-refractivity contribution in [1.82, 2.24) is 9.88 Å². The van der Waals surface area contributed by atoms with Gasteiger partial charge in [-0.3, -0.25) is 9.79 Å². The number of hydrogen-bond acceptors (Lipinski definition) is 2. The number of halogens is 2. The number of carbonyl (C=O) groups excluding carboxylic acids is 1. The average Bonchev–Trinajstić information content (AvgIpc) is 2.96. The number of aromatic amines is 1. The van der Waals surface area contributed by atoms with Crippen LogP contribution in [0.4, 0.5) is 8.78 Å². The van der Waals surface area contributed by atoms with Crippen LogP contribution in [0, 0.1) is 0 Å². The third-order valence-electron chi connectivity index (χ3n) is 4.39. The molecule has 1 aliphatic heterocycles. The van der Waals surface area contributed by atoms with Gasteiger partial charge in [-0.05, 0) is 30.5 Å². The smallest absolute Gasteiger partial charge is 0.270 e. The number of aliphatic imine (C=N–C) groups is 1. The molecule has 0 aliphatic carbocycles. The van der Waals surface area contributed by atoms with Crippen LogP contribution in [0.2, 0.25) is 0 Å². The summed E-state index contributed by atoms with van der Waals surface area (Å²) in [6.07, 6.45) is 0.600. The van der Waals surface area contributed by atoms with Gasteiger partial charge in [0.05, 0.1) is 11.4 Å². The summed E-state index contributed by atoms with van der Waals surface area (Å²) < 4.78 is 26.2. The third-order valence-corrected chi connectivity index (χ3v) is 4.39. The summed E-state index contributed by atoms with van der Waals surface area (Å²) in [6.45, 7) is 16.8. The Kier molecular flexibility index (Phi) is 5.51. The molecule has 25 heavy (non-hydrogen) atoms. The van der Waals surface area contributed by atoms with Crippen LogP contribution >= 0.6 is 0 Å². The van der Waals surface area contributed by atoms with E-state index < -0.39 is 6.43 Å². The zero-order chi connectivity index (χ0) is 18.7. The van der Waals surface area contributed by atoms with Gasteiger partial charge in [-0.15, -0.1) is 0 Å². The van der Waals surface area contributed by atoms with Crippen LogP contribution in [0.15, 0.2) is 47.6 Å². The number of alkyl halides is 2. The molecule has 0 unspecified atom stereocenters. The summed E-state index contributed by atoms with van der Waals surface area (Å²) in [5.74, 6) is -0.288. The van der Waals surface area contributed by atoms with Gasteiger partial charge in [0, 0.05) is 24.2 Å². The first kappa shape index (κ1) is 18.6. The molecule has 1 aromatic rings. The van der Waals surface area contributed by atoms with Gasteiger partial charge in [0.15, 0.2) is 0 Å². The lowest BCUT2D eigenvalue weighted by Gasteiger charge is -2.34. The Morgan fingerprint density at radius 1 is 1.48 bits per heavy atom. The van der Waals surface area contributed by atoms with E-state index in [-0.39, 0.29) is 28.6 Å². The number of nitrogens with zero attached hydrogens (tertiary/aromatic N) is 2. The Hall–Kier alpha value is -2.76. The van der Waals surface area contributed by atoms with Crippen LogP contribution < -0.4 is 10.6 Å². The first-order chi connectivity index (χ1) is 11.8.